The zero-order chi connectivity index (χ0) is 21.6. The summed E-state index contributed by atoms with van der Waals surface area (Å²) in [5, 5.41) is 2.76. The van der Waals surface area contributed by atoms with E-state index in [1.54, 1.807) is 25.3 Å². The van der Waals surface area contributed by atoms with Gasteiger partial charge in [-0.1, -0.05) is 13.0 Å². The van der Waals surface area contributed by atoms with E-state index in [9.17, 15) is 13.2 Å². The van der Waals surface area contributed by atoms with Crippen LogP contribution in [0.2, 0.25) is 0 Å². The number of hydrogen-bond acceptors (Lipinski definition) is 5. The monoisotopic (exact) mass is 431 g/mol. The van der Waals surface area contributed by atoms with E-state index >= 15 is 0 Å². The van der Waals surface area contributed by atoms with Gasteiger partial charge < -0.3 is 15.0 Å². The first-order valence-corrected chi connectivity index (χ1v) is 11.7. The van der Waals surface area contributed by atoms with Crippen molar-refractivity contribution < 1.29 is 17.9 Å². The zero-order valence-corrected chi connectivity index (χ0v) is 18.3. The van der Waals surface area contributed by atoms with E-state index in [0.717, 1.165) is 38.0 Å². The average Bonchev–Trinajstić information content (AvgIpc) is 2.72. The number of anilines is 3. The van der Waals surface area contributed by atoms with E-state index in [1.165, 1.54) is 17.7 Å². The minimum Gasteiger partial charge on any atom is -0.383 e. The summed E-state index contributed by atoms with van der Waals surface area (Å²) in [7, 11) is -2.06. The summed E-state index contributed by atoms with van der Waals surface area (Å²) in [5.74, 6) is -0.0849. The molecule has 2 N–H and O–H groups in total. The number of aryl methyl sites for hydroxylation is 1. The molecule has 2 aromatic rings. The molecule has 0 aliphatic carbocycles. The third kappa shape index (κ3) is 5.52. The minimum absolute atomic E-state index is 0.0849. The summed E-state index contributed by atoms with van der Waals surface area (Å²) >= 11 is 0. The first-order chi connectivity index (χ1) is 14.4. The van der Waals surface area contributed by atoms with Crippen LogP contribution >= 0.6 is 0 Å². The molecule has 1 amide bonds. The van der Waals surface area contributed by atoms with E-state index in [-0.39, 0.29) is 10.8 Å². The molecule has 0 bridgehead atoms. The van der Waals surface area contributed by atoms with Crippen LogP contribution in [0, 0.1) is 0 Å². The van der Waals surface area contributed by atoms with Gasteiger partial charge >= 0.3 is 0 Å². The van der Waals surface area contributed by atoms with Gasteiger partial charge in [0.25, 0.3) is 10.0 Å². The Bertz CT molecular complexity index is 974. The summed E-state index contributed by atoms with van der Waals surface area (Å²) in [6.45, 7) is 4.25. The number of carbonyl (C=O) groups excluding carboxylic acids is 1. The van der Waals surface area contributed by atoms with Crippen molar-refractivity contribution in [3.63, 3.8) is 0 Å². The molecule has 0 fully saturated rings. The number of methoxy groups -OCH3 is 1. The highest BCUT2D eigenvalue weighted by molar-refractivity contribution is 7.92. The van der Waals surface area contributed by atoms with Gasteiger partial charge in [-0.15, -0.1) is 0 Å². The molecule has 2 aromatic carbocycles. The predicted octanol–water partition coefficient (Wildman–Crippen LogP) is 3.63. The van der Waals surface area contributed by atoms with Crippen LogP contribution in [0.5, 0.6) is 0 Å². The molecule has 0 saturated carbocycles. The van der Waals surface area contributed by atoms with Crippen molar-refractivity contribution in [3.05, 3.63) is 48.0 Å². The fraction of sp³-hybridized carbons (Fsp3) is 0.409. The van der Waals surface area contributed by atoms with Crippen LogP contribution in [0.25, 0.3) is 0 Å². The summed E-state index contributed by atoms with van der Waals surface area (Å²) in [6, 6.07) is 11.9. The highest BCUT2D eigenvalue weighted by atomic mass is 32.2. The average molecular weight is 432 g/mol. The van der Waals surface area contributed by atoms with E-state index < -0.39 is 10.0 Å². The van der Waals surface area contributed by atoms with Gasteiger partial charge in [0, 0.05) is 38.0 Å². The molecule has 1 aliphatic rings. The second-order valence-electron chi connectivity index (χ2n) is 7.35. The van der Waals surface area contributed by atoms with Crippen LogP contribution in [0.3, 0.4) is 0 Å². The number of carbonyl (C=O) groups is 1. The van der Waals surface area contributed by atoms with Crippen molar-refractivity contribution in [1.82, 2.24) is 0 Å². The third-order valence-electron chi connectivity index (χ3n) is 5.04. The second kappa shape index (κ2) is 9.95. The second-order valence-corrected chi connectivity index (χ2v) is 9.04. The number of benzene rings is 2. The SMILES string of the molecule is CCCC(=O)Nc1ccc(S(=O)(=O)Nc2ccc3c(c2)N(CCOC)CCC3)cc1. The Hall–Kier alpha value is -2.58. The summed E-state index contributed by atoms with van der Waals surface area (Å²) in [4.78, 5) is 14.1. The maximum atomic E-state index is 12.8. The van der Waals surface area contributed by atoms with Gasteiger partial charge in [-0.3, -0.25) is 9.52 Å². The Balaban J connectivity index is 1.74. The fourth-order valence-corrected chi connectivity index (χ4v) is 4.58. The first-order valence-electron chi connectivity index (χ1n) is 10.2. The number of amides is 1. The molecule has 0 radical (unpaired) electrons. The minimum atomic E-state index is -3.74. The van der Waals surface area contributed by atoms with E-state index in [2.05, 4.69) is 14.9 Å². The van der Waals surface area contributed by atoms with Gasteiger partial charge in [0.05, 0.1) is 17.2 Å². The number of ether oxygens (including phenoxy) is 1. The topological polar surface area (TPSA) is 87.7 Å². The van der Waals surface area contributed by atoms with Crippen molar-refractivity contribution in [2.45, 2.75) is 37.5 Å². The van der Waals surface area contributed by atoms with Crippen molar-refractivity contribution in [2.24, 2.45) is 0 Å². The summed E-state index contributed by atoms with van der Waals surface area (Å²) in [6.07, 6.45) is 3.24. The van der Waals surface area contributed by atoms with Crippen LogP contribution < -0.4 is 14.9 Å². The lowest BCUT2D eigenvalue weighted by Crippen LogP contribution is -2.32. The Morgan fingerprint density at radius 1 is 1.13 bits per heavy atom. The molecule has 0 spiro atoms. The van der Waals surface area contributed by atoms with E-state index in [4.69, 9.17) is 4.74 Å². The quantitative estimate of drug-likeness (QED) is 0.633. The number of nitrogens with one attached hydrogen (secondary N) is 2. The van der Waals surface area contributed by atoms with Crippen molar-refractivity contribution >= 4 is 33.0 Å². The lowest BCUT2D eigenvalue weighted by molar-refractivity contribution is -0.116. The van der Waals surface area contributed by atoms with Crippen LogP contribution in [-0.4, -0.2) is 41.1 Å². The Kier molecular flexibility index (Phi) is 7.33. The smallest absolute Gasteiger partial charge is 0.261 e. The Labute approximate surface area is 178 Å². The molecule has 0 atom stereocenters. The molecule has 7 nitrogen and oxygen atoms in total. The first kappa shape index (κ1) is 22.1. The number of nitrogens with zero attached hydrogens (tertiary/aromatic N) is 1. The number of hydrogen-bond donors (Lipinski definition) is 2. The third-order valence-corrected chi connectivity index (χ3v) is 6.44. The highest BCUT2D eigenvalue weighted by Gasteiger charge is 2.19. The lowest BCUT2D eigenvalue weighted by atomic mass is 10.0. The standard InChI is InChI=1S/C22H29N3O4S/c1-3-5-22(26)23-18-9-11-20(12-10-18)30(27,28)24-19-8-7-17-6-4-13-25(14-15-29-2)21(17)16-19/h7-12,16,24H,3-6,13-15H2,1-2H3,(H,23,26). The van der Waals surface area contributed by atoms with Gasteiger partial charge in [0.15, 0.2) is 0 Å². The molecule has 30 heavy (non-hydrogen) atoms. The molecular formula is C22H29N3O4S. The molecule has 0 aromatic heterocycles. The molecular weight excluding hydrogens is 402 g/mol. The van der Waals surface area contributed by atoms with Gasteiger partial charge in [-0.05, 0) is 61.2 Å². The number of sulfonamides is 1. The molecule has 162 valence electrons. The lowest BCUT2D eigenvalue weighted by Gasteiger charge is -2.31. The molecule has 1 heterocycles. The molecule has 0 unspecified atom stereocenters. The Morgan fingerprint density at radius 2 is 1.87 bits per heavy atom. The fourth-order valence-electron chi connectivity index (χ4n) is 3.53. The Morgan fingerprint density at radius 3 is 2.57 bits per heavy atom. The normalized spacial score (nSPS) is 13.6. The van der Waals surface area contributed by atoms with Gasteiger partial charge in [0.2, 0.25) is 5.91 Å². The number of fused-ring (bicyclic) bond motifs is 1. The maximum Gasteiger partial charge on any atom is 0.261 e. The summed E-state index contributed by atoms with van der Waals surface area (Å²) < 4.78 is 33.5. The highest BCUT2D eigenvalue weighted by Crippen LogP contribution is 2.31. The molecule has 8 heteroatoms. The van der Waals surface area contributed by atoms with E-state index in [0.29, 0.717) is 24.4 Å². The summed E-state index contributed by atoms with van der Waals surface area (Å²) in [5.41, 5.74) is 3.37. The van der Waals surface area contributed by atoms with Crippen LogP contribution in [0.15, 0.2) is 47.4 Å². The van der Waals surface area contributed by atoms with Crippen molar-refractivity contribution in [2.75, 3.05) is 41.7 Å². The maximum absolute atomic E-state index is 12.8. The number of rotatable bonds is 9. The van der Waals surface area contributed by atoms with Crippen molar-refractivity contribution in [1.29, 1.82) is 0 Å². The predicted molar refractivity (Wildman–Crippen MR) is 120 cm³/mol. The molecule has 3 rings (SSSR count). The largest absolute Gasteiger partial charge is 0.383 e. The van der Waals surface area contributed by atoms with E-state index in [1.807, 2.05) is 19.1 Å². The molecule has 1 aliphatic heterocycles. The van der Waals surface area contributed by atoms with Crippen molar-refractivity contribution in [3.8, 4) is 0 Å². The zero-order valence-electron chi connectivity index (χ0n) is 17.5. The van der Waals surface area contributed by atoms with Gasteiger partial charge in [0.1, 0.15) is 0 Å². The van der Waals surface area contributed by atoms with Crippen LogP contribution in [-0.2, 0) is 26.0 Å². The van der Waals surface area contributed by atoms with Crippen LogP contribution in [0.4, 0.5) is 17.1 Å². The van der Waals surface area contributed by atoms with Crippen LogP contribution in [0.1, 0.15) is 31.7 Å². The molecule has 0 saturated heterocycles. The van der Waals surface area contributed by atoms with Gasteiger partial charge in [-0.25, -0.2) is 8.42 Å². The van der Waals surface area contributed by atoms with Gasteiger partial charge in [-0.2, -0.15) is 0 Å².